The van der Waals surface area contributed by atoms with Gasteiger partial charge in [-0.1, -0.05) is 13.8 Å². The Hall–Kier alpha value is -1.17. The number of rotatable bonds is 6. The van der Waals surface area contributed by atoms with Gasteiger partial charge in [0.05, 0.1) is 12.0 Å². The Balaban J connectivity index is 2.89. The lowest BCUT2D eigenvalue weighted by molar-refractivity contribution is -0.143. The maximum atomic E-state index is 12.5. The highest BCUT2D eigenvalue weighted by Crippen LogP contribution is 2.25. The Kier molecular flexibility index (Phi) is 5.92. The van der Waals surface area contributed by atoms with Crippen molar-refractivity contribution in [3.63, 3.8) is 0 Å². The smallest absolute Gasteiger partial charge is 0.307 e. The first kappa shape index (κ1) is 16.9. The Labute approximate surface area is 120 Å². The second kappa shape index (κ2) is 7.02. The van der Waals surface area contributed by atoms with Crippen LogP contribution in [0.5, 0.6) is 0 Å². The highest BCUT2D eigenvalue weighted by atomic mass is 32.2. The number of carbonyl (C=O) groups is 1. The molecule has 0 spiro atoms. The van der Waals surface area contributed by atoms with E-state index in [2.05, 4.69) is 0 Å². The summed E-state index contributed by atoms with van der Waals surface area (Å²) in [7, 11) is -3.69. The topological polar surface area (TPSA) is 102 Å². The molecule has 1 saturated heterocycles. The first-order valence-corrected chi connectivity index (χ1v) is 8.07. The molecular formula is C12H21N3O4S. The van der Waals surface area contributed by atoms with Gasteiger partial charge < -0.3 is 5.11 Å². The van der Waals surface area contributed by atoms with Gasteiger partial charge in [0.2, 0.25) is 0 Å². The van der Waals surface area contributed by atoms with Crippen molar-refractivity contribution in [3.05, 3.63) is 0 Å². The van der Waals surface area contributed by atoms with Gasteiger partial charge in [-0.2, -0.15) is 22.3 Å². The molecular weight excluding hydrogens is 282 g/mol. The van der Waals surface area contributed by atoms with Gasteiger partial charge in [-0.3, -0.25) is 4.79 Å². The van der Waals surface area contributed by atoms with Gasteiger partial charge in [0.1, 0.15) is 0 Å². The molecule has 0 aliphatic carbocycles. The number of aliphatic carboxylic acids is 1. The molecule has 114 valence electrons. The first-order valence-electron chi connectivity index (χ1n) is 6.67. The highest BCUT2D eigenvalue weighted by Gasteiger charge is 2.37. The minimum Gasteiger partial charge on any atom is -0.481 e. The average molecular weight is 303 g/mol. The fourth-order valence-electron chi connectivity index (χ4n) is 2.44. The lowest BCUT2D eigenvalue weighted by Gasteiger charge is -2.36. The van der Waals surface area contributed by atoms with Crippen molar-refractivity contribution in [1.82, 2.24) is 8.61 Å². The summed E-state index contributed by atoms with van der Waals surface area (Å²) in [5.41, 5.74) is 0. The number of piperidine rings is 1. The summed E-state index contributed by atoms with van der Waals surface area (Å²) >= 11 is 0. The van der Waals surface area contributed by atoms with E-state index in [4.69, 9.17) is 10.4 Å². The Morgan fingerprint density at radius 3 is 2.65 bits per heavy atom. The molecule has 0 aromatic heterocycles. The van der Waals surface area contributed by atoms with Crippen LogP contribution in [0, 0.1) is 23.2 Å². The molecule has 2 atom stereocenters. The monoisotopic (exact) mass is 303 g/mol. The average Bonchev–Trinajstić information content (AvgIpc) is 2.38. The zero-order valence-corrected chi connectivity index (χ0v) is 12.6. The quantitative estimate of drug-likeness (QED) is 0.770. The van der Waals surface area contributed by atoms with Gasteiger partial charge >= 0.3 is 5.97 Å². The lowest BCUT2D eigenvalue weighted by atomic mass is 9.92. The molecule has 2 unspecified atom stereocenters. The predicted octanol–water partition coefficient (Wildman–Crippen LogP) is 0.509. The molecule has 0 radical (unpaired) electrons. The second-order valence-corrected chi connectivity index (χ2v) is 7.03. The van der Waals surface area contributed by atoms with Crippen molar-refractivity contribution < 1.29 is 18.3 Å². The van der Waals surface area contributed by atoms with E-state index in [9.17, 15) is 13.2 Å². The number of hydrogen-bond acceptors (Lipinski definition) is 4. The molecule has 1 aliphatic rings. The van der Waals surface area contributed by atoms with Crippen LogP contribution in [-0.2, 0) is 15.0 Å². The van der Waals surface area contributed by atoms with Crippen LogP contribution >= 0.6 is 0 Å². The zero-order valence-electron chi connectivity index (χ0n) is 11.8. The summed E-state index contributed by atoms with van der Waals surface area (Å²) in [5.74, 6) is -1.62. The summed E-state index contributed by atoms with van der Waals surface area (Å²) < 4.78 is 27.4. The van der Waals surface area contributed by atoms with Crippen molar-refractivity contribution >= 4 is 16.2 Å². The largest absolute Gasteiger partial charge is 0.481 e. The number of nitriles is 1. The fourth-order valence-corrected chi connectivity index (χ4v) is 4.23. The van der Waals surface area contributed by atoms with Gasteiger partial charge in [0.15, 0.2) is 0 Å². The van der Waals surface area contributed by atoms with Crippen LogP contribution in [0.4, 0.5) is 0 Å². The van der Waals surface area contributed by atoms with Crippen molar-refractivity contribution in [2.45, 2.75) is 26.7 Å². The fraction of sp³-hybridized carbons (Fsp3) is 0.833. The summed E-state index contributed by atoms with van der Waals surface area (Å²) in [4.78, 5) is 11.1. The van der Waals surface area contributed by atoms with Gasteiger partial charge in [-0.25, -0.2) is 0 Å². The third kappa shape index (κ3) is 3.91. The minimum absolute atomic E-state index is 0.00502. The van der Waals surface area contributed by atoms with E-state index in [0.29, 0.717) is 13.0 Å². The van der Waals surface area contributed by atoms with Crippen LogP contribution in [0.25, 0.3) is 0 Å². The van der Waals surface area contributed by atoms with Crippen LogP contribution < -0.4 is 0 Å². The van der Waals surface area contributed by atoms with E-state index >= 15 is 0 Å². The zero-order chi connectivity index (χ0) is 15.3. The van der Waals surface area contributed by atoms with Crippen LogP contribution in [0.3, 0.4) is 0 Å². The summed E-state index contributed by atoms with van der Waals surface area (Å²) in [6, 6.07) is 1.92. The SMILES string of the molecule is CCN(CCC#N)S(=O)(=O)N1CC(C)CC(C(=O)O)C1. The number of hydrogen-bond donors (Lipinski definition) is 1. The number of carboxylic acid groups (broad SMARTS) is 1. The molecule has 0 aromatic rings. The molecule has 8 heteroatoms. The number of nitrogens with zero attached hydrogens (tertiary/aromatic N) is 3. The van der Waals surface area contributed by atoms with Crippen LogP contribution in [-0.4, -0.2) is 54.3 Å². The summed E-state index contributed by atoms with van der Waals surface area (Å²) in [6.45, 7) is 4.30. The van der Waals surface area contributed by atoms with Crippen molar-refractivity contribution in [2.24, 2.45) is 11.8 Å². The molecule has 20 heavy (non-hydrogen) atoms. The molecule has 1 fully saturated rings. The second-order valence-electron chi connectivity index (χ2n) is 5.10. The summed E-state index contributed by atoms with van der Waals surface area (Å²) in [5, 5.41) is 17.7. The van der Waals surface area contributed by atoms with Gasteiger partial charge in [-0.15, -0.1) is 0 Å². The molecule has 0 bridgehead atoms. The molecule has 0 aromatic carbocycles. The number of carboxylic acids is 1. The molecule has 0 amide bonds. The first-order chi connectivity index (χ1) is 9.32. The van der Waals surface area contributed by atoms with E-state index < -0.39 is 22.1 Å². The Morgan fingerprint density at radius 1 is 1.50 bits per heavy atom. The van der Waals surface area contributed by atoms with E-state index in [1.165, 1.54) is 8.61 Å². The minimum atomic E-state index is -3.69. The predicted molar refractivity (Wildman–Crippen MR) is 72.9 cm³/mol. The van der Waals surface area contributed by atoms with Gasteiger partial charge in [0.25, 0.3) is 10.2 Å². The highest BCUT2D eigenvalue weighted by molar-refractivity contribution is 7.86. The molecule has 1 N–H and O–H groups in total. The maximum Gasteiger partial charge on any atom is 0.307 e. The summed E-state index contributed by atoms with van der Waals surface area (Å²) in [6.07, 6.45) is 0.616. The van der Waals surface area contributed by atoms with E-state index in [1.807, 2.05) is 13.0 Å². The lowest BCUT2D eigenvalue weighted by Crippen LogP contribution is -2.51. The van der Waals surface area contributed by atoms with Crippen molar-refractivity contribution in [3.8, 4) is 6.07 Å². The van der Waals surface area contributed by atoms with E-state index in [-0.39, 0.29) is 32.0 Å². The van der Waals surface area contributed by atoms with Gasteiger partial charge in [0, 0.05) is 32.6 Å². The van der Waals surface area contributed by atoms with E-state index in [0.717, 1.165) is 0 Å². The van der Waals surface area contributed by atoms with Crippen LogP contribution in [0.15, 0.2) is 0 Å². The van der Waals surface area contributed by atoms with Crippen molar-refractivity contribution in [1.29, 1.82) is 5.26 Å². The normalized spacial score (nSPS) is 24.5. The third-order valence-electron chi connectivity index (χ3n) is 3.45. The van der Waals surface area contributed by atoms with Crippen LogP contribution in [0.2, 0.25) is 0 Å². The molecule has 0 saturated carbocycles. The standard InChI is InChI=1S/C12H21N3O4S/c1-3-14(6-4-5-13)20(18,19)15-8-10(2)7-11(9-15)12(16)17/h10-11H,3-4,6-9H2,1-2H3,(H,16,17). The molecule has 7 nitrogen and oxygen atoms in total. The molecule has 1 aliphatic heterocycles. The van der Waals surface area contributed by atoms with Gasteiger partial charge in [-0.05, 0) is 12.3 Å². The molecule has 1 rings (SSSR count). The molecule has 1 heterocycles. The Bertz CT molecular complexity index is 485. The van der Waals surface area contributed by atoms with Crippen molar-refractivity contribution in [2.75, 3.05) is 26.2 Å². The van der Waals surface area contributed by atoms with Crippen LogP contribution in [0.1, 0.15) is 26.7 Å². The van der Waals surface area contributed by atoms with E-state index in [1.54, 1.807) is 6.92 Å². The Morgan fingerprint density at radius 2 is 2.15 bits per heavy atom. The third-order valence-corrected chi connectivity index (χ3v) is 5.50. The maximum absolute atomic E-state index is 12.5.